The zero-order chi connectivity index (χ0) is 15.0. The van der Waals surface area contributed by atoms with E-state index in [0.29, 0.717) is 36.5 Å². The van der Waals surface area contributed by atoms with Crippen molar-refractivity contribution in [2.24, 2.45) is 11.7 Å². The monoisotopic (exact) mass is 297 g/mol. The van der Waals surface area contributed by atoms with E-state index in [1.807, 2.05) is 18.2 Å². The highest BCUT2D eigenvalue weighted by molar-refractivity contribution is 7.80. The van der Waals surface area contributed by atoms with Crippen molar-refractivity contribution in [1.82, 2.24) is 0 Å². The Labute approximate surface area is 126 Å². The van der Waals surface area contributed by atoms with Crippen LogP contribution in [0.3, 0.4) is 0 Å². The summed E-state index contributed by atoms with van der Waals surface area (Å²) < 4.78 is 16.3. The molecule has 0 aliphatic rings. The standard InChI is InChI=1S/C15H23NO3S/c1-11(2)9-18-6-7-19-10-12-4-5-13(15(16)20)14(8-12)17-3/h4-5,8,11H,6-7,9-10H2,1-3H3,(H2,16,20). The van der Waals surface area contributed by atoms with E-state index < -0.39 is 0 Å². The van der Waals surface area contributed by atoms with Crippen molar-refractivity contribution < 1.29 is 14.2 Å². The maximum absolute atomic E-state index is 5.62. The first-order chi connectivity index (χ1) is 9.54. The number of ether oxygens (including phenoxy) is 3. The van der Waals surface area contributed by atoms with E-state index in [0.717, 1.165) is 17.7 Å². The first kappa shape index (κ1) is 16.9. The maximum Gasteiger partial charge on any atom is 0.129 e. The van der Waals surface area contributed by atoms with E-state index in [1.54, 1.807) is 7.11 Å². The average Bonchev–Trinajstić information content (AvgIpc) is 2.41. The predicted molar refractivity (Wildman–Crippen MR) is 84.2 cm³/mol. The molecule has 0 unspecified atom stereocenters. The average molecular weight is 297 g/mol. The summed E-state index contributed by atoms with van der Waals surface area (Å²) >= 11 is 4.97. The van der Waals surface area contributed by atoms with Gasteiger partial charge in [0, 0.05) is 6.61 Å². The highest BCUT2D eigenvalue weighted by atomic mass is 32.1. The number of hydrogen-bond acceptors (Lipinski definition) is 4. The third kappa shape index (κ3) is 5.86. The fourth-order valence-corrected chi connectivity index (χ4v) is 1.82. The molecule has 0 radical (unpaired) electrons. The molecule has 20 heavy (non-hydrogen) atoms. The summed E-state index contributed by atoms with van der Waals surface area (Å²) in [5, 5.41) is 0. The van der Waals surface area contributed by atoms with Gasteiger partial charge in [-0.25, -0.2) is 0 Å². The molecule has 0 saturated carbocycles. The highest BCUT2D eigenvalue weighted by Crippen LogP contribution is 2.20. The first-order valence-electron chi connectivity index (χ1n) is 6.66. The molecule has 0 fully saturated rings. The minimum Gasteiger partial charge on any atom is -0.496 e. The van der Waals surface area contributed by atoms with Gasteiger partial charge in [0.05, 0.1) is 32.5 Å². The van der Waals surface area contributed by atoms with Crippen LogP contribution in [-0.4, -0.2) is 31.9 Å². The molecule has 0 amide bonds. The fourth-order valence-electron chi connectivity index (χ4n) is 1.66. The molecule has 0 heterocycles. The first-order valence-corrected chi connectivity index (χ1v) is 7.07. The Kier molecular flexibility index (Phi) is 7.51. The zero-order valence-electron chi connectivity index (χ0n) is 12.3. The SMILES string of the molecule is COc1cc(COCCOCC(C)C)ccc1C(N)=S. The molecule has 0 aliphatic carbocycles. The zero-order valence-corrected chi connectivity index (χ0v) is 13.2. The minimum absolute atomic E-state index is 0.330. The Bertz CT molecular complexity index is 435. The van der Waals surface area contributed by atoms with E-state index in [-0.39, 0.29) is 0 Å². The summed E-state index contributed by atoms with van der Waals surface area (Å²) in [6, 6.07) is 5.69. The topological polar surface area (TPSA) is 53.7 Å². The van der Waals surface area contributed by atoms with Crippen molar-refractivity contribution >= 4 is 17.2 Å². The van der Waals surface area contributed by atoms with Crippen LogP contribution in [0.15, 0.2) is 18.2 Å². The quantitative estimate of drug-likeness (QED) is 0.561. The number of hydrogen-bond donors (Lipinski definition) is 1. The Morgan fingerprint density at radius 1 is 1.25 bits per heavy atom. The Morgan fingerprint density at radius 2 is 1.95 bits per heavy atom. The molecule has 4 nitrogen and oxygen atoms in total. The molecule has 0 aliphatic heterocycles. The number of rotatable bonds is 9. The van der Waals surface area contributed by atoms with Gasteiger partial charge in [0.15, 0.2) is 0 Å². The minimum atomic E-state index is 0.330. The van der Waals surface area contributed by atoms with Gasteiger partial charge in [-0.15, -0.1) is 0 Å². The number of thiocarbonyl (C=S) groups is 1. The van der Waals surface area contributed by atoms with Gasteiger partial charge in [0.2, 0.25) is 0 Å². The summed E-state index contributed by atoms with van der Waals surface area (Å²) in [6.07, 6.45) is 0. The van der Waals surface area contributed by atoms with Gasteiger partial charge in [0.1, 0.15) is 10.7 Å². The lowest BCUT2D eigenvalue weighted by Crippen LogP contribution is -2.11. The lowest BCUT2D eigenvalue weighted by molar-refractivity contribution is 0.0314. The molecular formula is C15H23NO3S. The summed E-state index contributed by atoms with van der Waals surface area (Å²) in [5.41, 5.74) is 7.38. The van der Waals surface area contributed by atoms with Crippen LogP contribution in [0.4, 0.5) is 0 Å². The smallest absolute Gasteiger partial charge is 0.129 e. The molecule has 1 aromatic rings. The van der Waals surface area contributed by atoms with Gasteiger partial charge in [-0.2, -0.15) is 0 Å². The van der Waals surface area contributed by atoms with Crippen LogP contribution in [0.2, 0.25) is 0 Å². The van der Waals surface area contributed by atoms with Gasteiger partial charge >= 0.3 is 0 Å². The third-order valence-corrected chi connectivity index (χ3v) is 2.84. The Morgan fingerprint density at radius 3 is 2.55 bits per heavy atom. The lowest BCUT2D eigenvalue weighted by atomic mass is 10.1. The van der Waals surface area contributed by atoms with Crippen molar-refractivity contribution in [3.05, 3.63) is 29.3 Å². The molecule has 1 aromatic carbocycles. The van der Waals surface area contributed by atoms with Crippen LogP contribution in [0, 0.1) is 5.92 Å². The van der Waals surface area contributed by atoms with Crippen molar-refractivity contribution in [2.75, 3.05) is 26.9 Å². The Hall–Kier alpha value is -1.17. The van der Waals surface area contributed by atoms with Crippen molar-refractivity contribution in [3.8, 4) is 5.75 Å². The molecule has 0 aromatic heterocycles. The predicted octanol–water partition coefficient (Wildman–Crippen LogP) is 2.52. The van der Waals surface area contributed by atoms with Crippen LogP contribution in [0.25, 0.3) is 0 Å². The summed E-state index contributed by atoms with van der Waals surface area (Å²) in [5.74, 6) is 1.22. The lowest BCUT2D eigenvalue weighted by Gasteiger charge is -2.10. The molecule has 1 rings (SSSR count). The molecule has 0 saturated heterocycles. The third-order valence-electron chi connectivity index (χ3n) is 2.62. The molecular weight excluding hydrogens is 274 g/mol. The van der Waals surface area contributed by atoms with Crippen LogP contribution in [0.1, 0.15) is 25.0 Å². The van der Waals surface area contributed by atoms with E-state index in [4.69, 9.17) is 32.2 Å². The number of methoxy groups -OCH3 is 1. The largest absolute Gasteiger partial charge is 0.496 e. The molecule has 0 spiro atoms. The highest BCUT2D eigenvalue weighted by Gasteiger charge is 2.06. The molecule has 0 atom stereocenters. The second-order valence-corrected chi connectivity index (χ2v) is 5.36. The molecule has 5 heteroatoms. The van der Waals surface area contributed by atoms with E-state index in [9.17, 15) is 0 Å². The van der Waals surface area contributed by atoms with Crippen molar-refractivity contribution in [2.45, 2.75) is 20.5 Å². The van der Waals surface area contributed by atoms with Crippen LogP contribution in [0.5, 0.6) is 5.75 Å². The van der Waals surface area contributed by atoms with E-state index in [1.165, 1.54) is 0 Å². The second kappa shape index (κ2) is 8.89. The van der Waals surface area contributed by atoms with Gasteiger partial charge in [-0.1, -0.05) is 32.1 Å². The number of benzene rings is 1. The van der Waals surface area contributed by atoms with E-state index >= 15 is 0 Å². The van der Waals surface area contributed by atoms with Crippen molar-refractivity contribution in [1.29, 1.82) is 0 Å². The van der Waals surface area contributed by atoms with Crippen molar-refractivity contribution in [3.63, 3.8) is 0 Å². The summed E-state index contributed by atoms with van der Waals surface area (Å²) in [6.45, 7) is 6.71. The van der Waals surface area contributed by atoms with Crippen LogP contribution < -0.4 is 10.5 Å². The van der Waals surface area contributed by atoms with Gasteiger partial charge in [-0.05, 0) is 23.6 Å². The molecule has 0 bridgehead atoms. The van der Waals surface area contributed by atoms with Crippen LogP contribution >= 0.6 is 12.2 Å². The van der Waals surface area contributed by atoms with Gasteiger partial charge in [0.25, 0.3) is 0 Å². The number of nitrogens with two attached hydrogens (primary N) is 1. The molecule has 112 valence electrons. The normalized spacial score (nSPS) is 10.8. The maximum atomic E-state index is 5.62. The Balaban J connectivity index is 2.39. The van der Waals surface area contributed by atoms with E-state index in [2.05, 4.69) is 13.8 Å². The van der Waals surface area contributed by atoms with Gasteiger partial charge in [-0.3, -0.25) is 0 Å². The second-order valence-electron chi connectivity index (χ2n) is 4.92. The summed E-state index contributed by atoms with van der Waals surface area (Å²) in [7, 11) is 1.60. The molecule has 2 N–H and O–H groups in total. The summed E-state index contributed by atoms with van der Waals surface area (Å²) in [4.78, 5) is 0.330. The fraction of sp³-hybridized carbons (Fsp3) is 0.533. The van der Waals surface area contributed by atoms with Gasteiger partial charge < -0.3 is 19.9 Å². The van der Waals surface area contributed by atoms with Crippen LogP contribution in [-0.2, 0) is 16.1 Å².